The van der Waals surface area contributed by atoms with Gasteiger partial charge in [0.2, 0.25) is 0 Å². The van der Waals surface area contributed by atoms with Crippen LogP contribution in [0, 0.1) is 0 Å². The van der Waals surface area contributed by atoms with Gasteiger partial charge in [-0.05, 0) is 53.5 Å². The molecule has 2 aromatic carbocycles. The highest BCUT2D eigenvalue weighted by atomic mass is 35.5. The van der Waals surface area contributed by atoms with Gasteiger partial charge in [0.15, 0.2) is 5.78 Å². The van der Waals surface area contributed by atoms with E-state index in [-0.39, 0.29) is 5.78 Å². The standard InChI is InChI=1S/C18H14Cl2O2/c1-22-14-5-6-15-11(8-14)3-7-18(21)16(15)9-12-2-4-13(19)10-17(12)20/h2,4-6,8-10H,3,7H2,1H3/b16-9+. The number of carbonyl (C=O) groups is 1. The number of rotatable bonds is 2. The molecule has 0 spiro atoms. The molecule has 0 aromatic heterocycles. The van der Waals surface area contributed by atoms with E-state index in [1.807, 2.05) is 30.3 Å². The van der Waals surface area contributed by atoms with Crippen LogP contribution in [0.1, 0.15) is 23.1 Å². The van der Waals surface area contributed by atoms with Crippen LogP contribution in [0.5, 0.6) is 5.75 Å². The van der Waals surface area contributed by atoms with Crippen LogP contribution in [0.2, 0.25) is 10.0 Å². The van der Waals surface area contributed by atoms with E-state index in [1.165, 1.54) is 0 Å². The Hall–Kier alpha value is -1.77. The van der Waals surface area contributed by atoms with Crippen molar-refractivity contribution in [2.75, 3.05) is 7.11 Å². The Kier molecular flexibility index (Phi) is 4.23. The lowest BCUT2D eigenvalue weighted by Gasteiger charge is -2.19. The van der Waals surface area contributed by atoms with Gasteiger partial charge in [-0.25, -0.2) is 0 Å². The highest BCUT2D eigenvalue weighted by Crippen LogP contribution is 2.33. The van der Waals surface area contributed by atoms with Gasteiger partial charge in [-0.2, -0.15) is 0 Å². The molecule has 0 amide bonds. The summed E-state index contributed by atoms with van der Waals surface area (Å²) >= 11 is 12.1. The number of aryl methyl sites for hydroxylation is 1. The minimum atomic E-state index is 0.128. The van der Waals surface area contributed by atoms with Gasteiger partial charge in [-0.3, -0.25) is 4.79 Å². The number of carbonyl (C=O) groups excluding carboxylic acids is 1. The topological polar surface area (TPSA) is 26.3 Å². The van der Waals surface area contributed by atoms with Crippen LogP contribution in [0.4, 0.5) is 0 Å². The zero-order chi connectivity index (χ0) is 15.7. The van der Waals surface area contributed by atoms with Gasteiger partial charge in [0.1, 0.15) is 5.75 Å². The molecule has 0 aliphatic heterocycles. The smallest absolute Gasteiger partial charge is 0.163 e. The highest BCUT2D eigenvalue weighted by molar-refractivity contribution is 6.36. The molecule has 112 valence electrons. The van der Waals surface area contributed by atoms with E-state index < -0.39 is 0 Å². The highest BCUT2D eigenvalue weighted by Gasteiger charge is 2.22. The molecule has 22 heavy (non-hydrogen) atoms. The molecule has 3 rings (SSSR count). The van der Waals surface area contributed by atoms with Gasteiger partial charge in [-0.1, -0.05) is 35.3 Å². The van der Waals surface area contributed by atoms with Gasteiger partial charge in [0, 0.05) is 22.0 Å². The lowest BCUT2D eigenvalue weighted by molar-refractivity contribution is -0.113. The summed E-state index contributed by atoms with van der Waals surface area (Å²) in [5, 5.41) is 1.11. The van der Waals surface area contributed by atoms with Crippen molar-refractivity contribution in [3.63, 3.8) is 0 Å². The Morgan fingerprint density at radius 3 is 2.64 bits per heavy atom. The molecule has 0 saturated carbocycles. The fourth-order valence-corrected chi connectivity index (χ4v) is 3.10. The van der Waals surface area contributed by atoms with Crippen LogP contribution in [-0.4, -0.2) is 12.9 Å². The zero-order valence-electron chi connectivity index (χ0n) is 12.0. The van der Waals surface area contributed by atoms with Crippen LogP contribution in [0.15, 0.2) is 36.4 Å². The van der Waals surface area contributed by atoms with E-state index in [4.69, 9.17) is 27.9 Å². The largest absolute Gasteiger partial charge is 0.497 e. The summed E-state index contributed by atoms with van der Waals surface area (Å²) in [6.45, 7) is 0. The Balaban J connectivity index is 2.10. The zero-order valence-corrected chi connectivity index (χ0v) is 13.5. The molecule has 0 saturated heterocycles. The van der Waals surface area contributed by atoms with Gasteiger partial charge in [0.05, 0.1) is 7.11 Å². The lowest BCUT2D eigenvalue weighted by Crippen LogP contribution is -2.12. The molecule has 2 nitrogen and oxygen atoms in total. The van der Waals surface area contributed by atoms with E-state index in [9.17, 15) is 4.79 Å². The summed E-state index contributed by atoms with van der Waals surface area (Å²) in [6, 6.07) is 11.1. The van der Waals surface area contributed by atoms with Crippen molar-refractivity contribution < 1.29 is 9.53 Å². The second kappa shape index (κ2) is 6.15. The summed E-state index contributed by atoms with van der Waals surface area (Å²) in [6.07, 6.45) is 3.07. The molecule has 1 aliphatic carbocycles. The fraction of sp³-hybridized carbons (Fsp3) is 0.167. The van der Waals surface area contributed by atoms with Gasteiger partial charge in [-0.15, -0.1) is 0 Å². The number of ether oxygens (including phenoxy) is 1. The molecule has 1 aliphatic rings. The van der Waals surface area contributed by atoms with E-state index >= 15 is 0 Å². The second-order valence-electron chi connectivity index (χ2n) is 5.17. The van der Waals surface area contributed by atoms with Crippen molar-refractivity contribution in [1.82, 2.24) is 0 Å². The van der Waals surface area contributed by atoms with Crippen LogP contribution in [0.25, 0.3) is 11.6 Å². The van der Waals surface area contributed by atoms with Gasteiger partial charge in [0.25, 0.3) is 0 Å². The van der Waals surface area contributed by atoms with Crippen molar-refractivity contribution in [3.05, 3.63) is 63.1 Å². The van der Waals surface area contributed by atoms with E-state index in [2.05, 4.69) is 0 Å². The Labute approximate surface area is 139 Å². The Bertz CT molecular complexity index is 779. The third-order valence-electron chi connectivity index (χ3n) is 3.79. The first kappa shape index (κ1) is 15.1. The SMILES string of the molecule is COc1ccc2c(c1)CCC(=O)/C2=C/c1ccc(Cl)cc1Cl. The van der Waals surface area contributed by atoms with Crippen molar-refractivity contribution in [2.24, 2.45) is 0 Å². The van der Waals surface area contributed by atoms with E-state index in [0.717, 1.165) is 28.9 Å². The number of ketones is 1. The first-order valence-corrected chi connectivity index (χ1v) is 7.71. The number of benzene rings is 2. The van der Waals surface area contributed by atoms with Crippen LogP contribution < -0.4 is 4.74 Å². The average Bonchev–Trinajstić information content (AvgIpc) is 2.51. The predicted molar refractivity (Wildman–Crippen MR) is 90.7 cm³/mol. The maximum atomic E-state index is 12.3. The number of allylic oxidation sites excluding steroid dienone is 1. The molecule has 0 unspecified atom stereocenters. The molecule has 0 fully saturated rings. The number of hydrogen-bond acceptors (Lipinski definition) is 2. The van der Waals surface area contributed by atoms with Crippen LogP contribution in [-0.2, 0) is 11.2 Å². The minimum absolute atomic E-state index is 0.128. The Morgan fingerprint density at radius 2 is 1.91 bits per heavy atom. The first-order chi connectivity index (χ1) is 10.6. The maximum absolute atomic E-state index is 12.3. The maximum Gasteiger partial charge on any atom is 0.163 e. The summed E-state index contributed by atoms with van der Waals surface area (Å²) in [4.78, 5) is 12.3. The molecule has 2 aromatic rings. The Morgan fingerprint density at radius 1 is 1.09 bits per heavy atom. The van der Waals surface area contributed by atoms with Gasteiger partial charge >= 0.3 is 0 Å². The van der Waals surface area contributed by atoms with E-state index in [0.29, 0.717) is 22.0 Å². The average molecular weight is 333 g/mol. The number of Topliss-reactive ketones (excluding diaryl/α,β-unsaturated/α-hetero) is 1. The second-order valence-corrected chi connectivity index (χ2v) is 6.01. The number of hydrogen-bond donors (Lipinski definition) is 0. The van der Waals surface area contributed by atoms with Crippen LogP contribution in [0.3, 0.4) is 0 Å². The van der Waals surface area contributed by atoms with Crippen molar-refractivity contribution in [3.8, 4) is 5.75 Å². The monoisotopic (exact) mass is 332 g/mol. The summed E-state index contributed by atoms with van der Waals surface area (Å²) < 4.78 is 5.25. The normalized spacial score (nSPS) is 15.8. The van der Waals surface area contributed by atoms with Crippen molar-refractivity contribution >= 4 is 40.6 Å². The van der Waals surface area contributed by atoms with Crippen molar-refractivity contribution in [2.45, 2.75) is 12.8 Å². The van der Waals surface area contributed by atoms with Crippen LogP contribution >= 0.6 is 23.2 Å². The third-order valence-corrected chi connectivity index (χ3v) is 4.35. The minimum Gasteiger partial charge on any atom is -0.497 e. The molecular formula is C18H14Cl2O2. The number of methoxy groups -OCH3 is 1. The molecule has 0 N–H and O–H groups in total. The number of fused-ring (bicyclic) bond motifs is 1. The lowest BCUT2D eigenvalue weighted by atomic mass is 9.85. The third kappa shape index (κ3) is 2.90. The summed E-state index contributed by atoms with van der Waals surface area (Å²) in [5.74, 6) is 0.931. The predicted octanol–water partition coefficient (Wildman–Crippen LogP) is 5.06. The molecule has 0 atom stereocenters. The van der Waals surface area contributed by atoms with E-state index in [1.54, 1.807) is 19.2 Å². The molecule has 4 heteroatoms. The van der Waals surface area contributed by atoms with Gasteiger partial charge < -0.3 is 4.74 Å². The fourth-order valence-electron chi connectivity index (χ4n) is 2.63. The molecule has 0 radical (unpaired) electrons. The molecular weight excluding hydrogens is 319 g/mol. The summed E-state index contributed by atoms with van der Waals surface area (Å²) in [7, 11) is 1.64. The first-order valence-electron chi connectivity index (χ1n) is 6.95. The molecule has 0 bridgehead atoms. The van der Waals surface area contributed by atoms with Crippen molar-refractivity contribution in [1.29, 1.82) is 0 Å². The number of halogens is 2. The molecule has 0 heterocycles. The quantitative estimate of drug-likeness (QED) is 0.718. The summed E-state index contributed by atoms with van der Waals surface area (Å²) in [5.41, 5.74) is 3.55.